The number of benzene rings is 1. The molecular formula is C15H22ClN. The summed E-state index contributed by atoms with van der Waals surface area (Å²) in [5, 5.41) is 4.51. The topological polar surface area (TPSA) is 12.0 Å². The smallest absolute Gasteiger partial charge is 0.0438 e. The zero-order valence-electron chi connectivity index (χ0n) is 11.0. The van der Waals surface area contributed by atoms with Crippen molar-refractivity contribution in [1.82, 2.24) is 5.32 Å². The Bertz CT molecular complexity index is 398. The summed E-state index contributed by atoms with van der Waals surface area (Å²) in [6.45, 7) is 7.69. The fourth-order valence-corrected chi connectivity index (χ4v) is 2.82. The van der Waals surface area contributed by atoms with Crippen LogP contribution in [0.3, 0.4) is 0 Å². The van der Waals surface area contributed by atoms with Crippen LogP contribution in [0.25, 0.3) is 0 Å². The molecule has 0 radical (unpaired) electrons. The average molecular weight is 252 g/mol. The first-order valence-corrected chi connectivity index (χ1v) is 6.82. The summed E-state index contributed by atoms with van der Waals surface area (Å²) < 4.78 is 0. The van der Waals surface area contributed by atoms with E-state index >= 15 is 0 Å². The third kappa shape index (κ3) is 3.46. The van der Waals surface area contributed by atoms with Gasteiger partial charge in [0.1, 0.15) is 0 Å². The van der Waals surface area contributed by atoms with Crippen molar-refractivity contribution in [2.45, 2.75) is 52.6 Å². The molecule has 0 amide bonds. The third-order valence-electron chi connectivity index (χ3n) is 3.80. The molecular weight excluding hydrogens is 230 g/mol. The molecule has 0 bridgehead atoms. The van der Waals surface area contributed by atoms with E-state index in [0.717, 1.165) is 17.1 Å². The van der Waals surface area contributed by atoms with Crippen LogP contribution in [0.4, 0.5) is 0 Å². The van der Waals surface area contributed by atoms with E-state index in [4.69, 9.17) is 11.6 Å². The molecule has 1 fully saturated rings. The molecule has 1 saturated carbocycles. The summed E-state index contributed by atoms with van der Waals surface area (Å²) in [5.74, 6) is 0. The predicted molar refractivity (Wildman–Crippen MR) is 74.4 cm³/mol. The van der Waals surface area contributed by atoms with E-state index in [0.29, 0.717) is 11.5 Å². The summed E-state index contributed by atoms with van der Waals surface area (Å²) in [7, 11) is 0. The maximum atomic E-state index is 6.13. The van der Waals surface area contributed by atoms with E-state index in [1.165, 1.54) is 24.8 Å². The molecule has 0 saturated heterocycles. The Morgan fingerprint density at radius 1 is 1.41 bits per heavy atom. The molecule has 1 aliphatic carbocycles. The van der Waals surface area contributed by atoms with Gasteiger partial charge in [-0.1, -0.05) is 37.6 Å². The number of nitrogens with one attached hydrogen (secondary N) is 1. The fourth-order valence-electron chi connectivity index (χ4n) is 2.62. The lowest BCUT2D eigenvalue weighted by molar-refractivity contribution is 0.364. The lowest BCUT2D eigenvalue weighted by Crippen LogP contribution is -2.26. The van der Waals surface area contributed by atoms with Gasteiger partial charge in [0.2, 0.25) is 0 Å². The molecule has 1 nitrogen and oxygen atoms in total. The van der Waals surface area contributed by atoms with Crippen molar-refractivity contribution in [3.05, 3.63) is 34.3 Å². The van der Waals surface area contributed by atoms with Gasteiger partial charge in [0.05, 0.1) is 0 Å². The van der Waals surface area contributed by atoms with E-state index < -0.39 is 0 Å². The van der Waals surface area contributed by atoms with Gasteiger partial charge in [0, 0.05) is 17.6 Å². The maximum absolute atomic E-state index is 6.13. The maximum Gasteiger partial charge on any atom is 0.0438 e. The van der Waals surface area contributed by atoms with Gasteiger partial charge in [-0.15, -0.1) is 0 Å². The summed E-state index contributed by atoms with van der Waals surface area (Å²) >= 11 is 6.13. The quantitative estimate of drug-likeness (QED) is 0.844. The molecule has 0 aliphatic heterocycles. The van der Waals surface area contributed by atoms with Crippen LogP contribution in [-0.2, 0) is 6.54 Å². The van der Waals surface area contributed by atoms with Crippen LogP contribution in [0.1, 0.15) is 44.2 Å². The average Bonchev–Trinajstić information content (AvgIpc) is 2.60. The van der Waals surface area contributed by atoms with E-state index in [9.17, 15) is 0 Å². The van der Waals surface area contributed by atoms with Crippen molar-refractivity contribution >= 4 is 11.6 Å². The highest BCUT2D eigenvalue weighted by Gasteiger charge is 2.30. The van der Waals surface area contributed by atoms with Gasteiger partial charge in [-0.05, 0) is 48.8 Å². The number of hydrogen-bond acceptors (Lipinski definition) is 1. The SMILES string of the molecule is Cc1ccc(CNC2CCC(C)(C)C2)cc1Cl. The number of hydrogen-bond donors (Lipinski definition) is 1. The van der Waals surface area contributed by atoms with E-state index in [-0.39, 0.29) is 0 Å². The molecule has 2 rings (SSSR count). The minimum absolute atomic E-state index is 0.516. The Morgan fingerprint density at radius 3 is 2.76 bits per heavy atom. The highest BCUT2D eigenvalue weighted by molar-refractivity contribution is 6.31. The first-order chi connectivity index (χ1) is 7.96. The molecule has 0 spiro atoms. The van der Waals surface area contributed by atoms with Gasteiger partial charge < -0.3 is 5.32 Å². The van der Waals surface area contributed by atoms with Gasteiger partial charge >= 0.3 is 0 Å². The van der Waals surface area contributed by atoms with Crippen molar-refractivity contribution in [3.63, 3.8) is 0 Å². The monoisotopic (exact) mass is 251 g/mol. The molecule has 1 N–H and O–H groups in total. The normalized spacial score (nSPS) is 22.9. The van der Waals surface area contributed by atoms with E-state index in [2.05, 4.69) is 37.4 Å². The highest BCUT2D eigenvalue weighted by Crippen LogP contribution is 2.37. The summed E-state index contributed by atoms with van der Waals surface area (Å²) in [5.41, 5.74) is 2.95. The third-order valence-corrected chi connectivity index (χ3v) is 4.21. The van der Waals surface area contributed by atoms with Crippen LogP contribution >= 0.6 is 11.6 Å². The second-order valence-corrected chi connectivity index (χ2v) is 6.48. The summed E-state index contributed by atoms with van der Waals surface area (Å²) in [4.78, 5) is 0. The van der Waals surface area contributed by atoms with Crippen LogP contribution in [-0.4, -0.2) is 6.04 Å². The van der Waals surface area contributed by atoms with Crippen LogP contribution in [0.5, 0.6) is 0 Å². The van der Waals surface area contributed by atoms with Gasteiger partial charge in [0.15, 0.2) is 0 Å². The zero-order chi connectivity index (χ0) is 12.5. The van der Waals surface area contributed by atoms with Gasteiger partial charge in [0.25, 0.3) is 0 Å². The second kappa shape index (κ2) is 4.99. The number of rotatable bonds is 3. The summed E-state index contributed by atoms with van der Waals surface area (Å²) in [6, 6.07) is 7.00. The molecule has 0 heterocycles. The Hall–Kier alpha value is -0.530. The van der Waals surface area contributed by atoms with Crippen molar-refractivity contribution in [2.24, 2.45) is 5.41 Å². The largest absolute Gasteiger partial charge is 0.310 e. The van der Waals surface area contributed by atoms with E-state index in [1.807, 2.05) is 6.92 Å². The Morgan fingerprint density at radius 2 is 2.18 bits per heavy atom. The first-order valence-electron chi connectivity index (χ1n) is 6.45. The fraction of sp³-hybridized carbons (Fsp3) is 0.600. The molecule has 2 heteroatoms. The van der Waals surface area contributed by atoms with Crippen LogP contribution in [0.2, 0.25) is 5.02 Å². The van der Waals surface area contributed by atoms with Crippen molar-refractivity contribution in [1.29, 1.82) is 0 Å². The number of aryl methyl sites for hydroxylation is 1. The van der Waals surface area contributed by atoms with Gasteiger partial charge in [-0.25, -0.2) is 0 Å². The van der Waals surface area contributed by atoms with Crippen LogP contribution < -0.4 is 5.32 Å². The zero-order valence-corrected chi connectivity index (χ0v) is 11.8. The van der Waals surface area contributed by atoms with Crippen molar-refractivity contribution in [2.75, 3.05) is 0 Å². The predicted octanol–water partition coefficient (Wildman–Crippen LogP) is 4.32. The van der Waals surface area contributed by atoms with Gasteiger partial charge in [-0.3, -0.25) is 0 Å². The van der Waals surface area contributed by atoms with Crippen molar-refractivity contribution in [3.8, 4) is 0 Å². The molecule has 0 aromatic heterocycles. The van der Waals surface area contributed by atoms with Gasteiger partial charge in [-0.2, -0.15) is 0 Å². The standard InChI is InChI=1S/C15H22ClN/c1-11-4-5-12(8-14(11)16)10-17-13-6-7-15(2,3)9-13/h4-5,8,13,17H,6-7,9-10H2,1-3H3. The minimum Gasteiger partial charge on any atom is -0.310 e. The van der Waals surface area contributed by atoms with Crippen LogP contribution in [0, 0.1) is 12.3 Å². The molecule has 17 heavy (non-hydrogen) atoms. The molecule has 1 aromatic carbocycles. The molecule has 1 aromatic rings. The van der Waals surface area contributed by atoms with E-state index in [1.54, 1.807) is 0 Å². The molecule has 1 unspecified atom stereocenters. The Balaban J connectivity index is 1.88. The Labute approximate surface area is 110 Å². The molecule has 1 aliphatic rings. The van der Waals surface area contributed by atoms with Crippen molar-refractivity contribution < 1.29 is 0 Å². The second-order valence-electron chi connectivity index (χ2n) is 6.07. The highest BCUT2D eigenvalue weighted by atomic mass is 35.5. The molecule has 94 valence electrons. The number of halogens is 1. The molecule has 1 atom stereocenters. The van der Waals surface area contributed by atoms with Crippen LogP contribution in [0.15, 0.2) is 18.2 Å². The summed E-state index contributed by atoms with van der Waals surface area (Å²) in [6.07, 6.45) is 3.92. The lowest BCUT2D eigenvalue weighted by atomic mass is 9.92. The minimum atomic E-state index is 0.516. The lowest BCUT2D eigenvalue weighted by Gasteiger charge is -2.18. The first kappa shape index (κ1) is 12.9. The Kier molecular flexibility index (Phi) is 3.79.